The molecule has 0 bridgehead atoms. The molecule has 6 heteroatoms. The summed E-state index contributed by atoms with van der Waals surface area (Å²) in [4.78, 5) is 27.8. The van der Waals surface area contributed by atoms with Crippen molar-refractivity contribution in [2.24, 2.45) is 5.92 Å². The van der Waals surface area contributed by atoms with Gasteiger partial charge in [-0.25, -0.2) is 4.39 Å². The maximum Gasteiger partial charge on any atom is 0.255 e. The normalized spacial score (nSPS) is 26.7. The van der Waals surface area contributed by atoms with Crippen LogP contribution in [-0.4, -0.2) is 39.9 Å². The van der Waals surface area contributed by atoms with E-state index in [0.717, 1.165) is 25.7 Å². The van der Waals surface area contributed by atoms with Gasteiger partial charge in [0.2, 0.25) is 5.91 Å². The number of nitrogens with zero attached hydrogens (tertiary/aromatic N) is 1. The highest BCUT2D eigenvalue weighted by atomic mass is 32.2. The fourth-order valence-corrected chi connectivity index (χ4v) is 5.67. The molecule has 26 heavy (non-hydrogen) atoms. The summed E-state index contributed by atoms with van der Waals surface area (Å²) in [5.74, 6) is 0.545. The van der Waals surface area contributed by atoms with E-state index in [-0.39, 0.29) is 29.0 Å². The smallest absolute Gasteiger partial charge is 0.255 e. The molecular weight excluding hydrogens is 351 g/mol. The zero-order valence-corrected chi connectivity index (χ0v) is 15.6. The average molecular weight is 376 g/mol. The Morgan fingerprint density at radius 1 is 1.04 bits per heavy atom. The van der Waals surface area contributed by atoms with E-state index in [1.807, 2.05) is 0 Å². The molecule has 2 atom stereocenters. The third-order valence-electron chi connectivity index (χ3n) is 5.64. The van der Waals surface area contributed by atoms with Gasteiger partial charge in [-0.2, -0.15) is 0 Å². The molecule has 1 N–H and O–H groups in total. The molecule has 1 aliphatic heterocycles. The quantitative estimate of drug-likeness (QED) is 0.874. The average Bonchev–Trinajstić information content (AvgIpc) is 3.36. The van der Waals surface area contributed by atoms with Crippen LogP contribution in [0.5, 0.6) is 0 Å². The first-order valence-electron chi connectivity index (χ1n) is 9.63. The molecule has 3 fully saturated rings. The van der Waals surface area contributed by atoms with E-state index in [0.29, 0.717) is 17.2 Å². The van der Waals surface area contributed by atoms with Crippen LogP contribution in [0.3, 0.4) is 0 Å². The molecule has 0 unspecified atom stereocenters. The summed E-state index contributed by atoms with van der Waals surface area (Å²) in [6, 6.07) is 5.52. The molecule has 2 saturated carbocycles. The monoisotopic (exact) mass is 376 g/mol. The summed E-state index contributed by atoms with van der Waals surface area (Å²) in [5, 5.41) is 3.10. The fourth-order valence-electron chi connectivity index (χ4n) is 4.04. The Morgan fingerprint density at radius 3 is 2.38 bits per heavy atom. The SMILES string of the molecule is O=C(NC1CC1)[C@@H]1CS[C@H](C2CCCCC2)N1C(=O)c1ccc(F)cc1. The minimum absolute atomic E-state index is 0.0335. The van der Waals surface area contributed by atoms with Gasteiger partial charge in [-0.1, -0.05) is 19.3 Å². The van der Waals surface area contributed by atoms with Crippen molar-refractivity contribution in [1.29, 1.82) is 0 Å². The second kappa shape index (κ2) is 7.59. The van der Waals surface area contributed by atoms with E-state index in [2.05, 4.69) is 5.32 Å². The van der Waals surface area contributed by atoms with Crippen LogP contribution < -0.4 is 5.32 Å². The first-order chi connectivity index (χ1) is 12.6. The van der Waals surface area contributed by atoms with Crippen LogP contribution >= 0.6 is 11.8 Å². The number of benzene rings is 1. The molecule has 1 aromatic rings. The van der Waals surface area contributed by atoms with E-state index in [4.69, 9.17) is 0 Å². The van der Waals surface area contributed by atoms with Gasteiger partial charge in [0.05, 0.1) is 5.37 Å². The summed E-state index contributed by atoms with van der Waals surface area (Å²) >= 11 is 1.74. The number of carbonyl (C=O) groups excluding carboxylic acids is 2. The van der Waals surface area contributed by atoms with Crippen LogP contribution in [0.4, 0.5) is 4.39 Å². The van der Waals surface area contributed by atoms with Gasteiger partial charge in [-0.05, 0) is 55.9 Å². The van der Waals surface area contributed by atoms with Gasteiger partial charge in [0.25, 0.3) is 5.91 Å². The highest BCUT2D eigenvalue weighted by Gasteiger charge is 2.45. The van der Waals surface area contributed by atoms with Crippen LogP contribution in [0.25, 0.3) is 0 Å². The van der Waals surface area contributed by atoms with Crippen LogP contribution in [0.1, 0.15) is 55.3 Å². The van der Waals surface area contributed by atoms with E-state index >= 15 is 0 Å². The molecule has 1 aromatic carbocycles. The van der Waals surface area contributed by atoms with Crippen molar-refractivity contribution in [2.45, 2.75) is 62.4 Å². The lowest BCUT2D eigenvalue weighted by molar-refractivity contribution is -0.125. The van der Waals surface area contributed by atoms with Crippen molar-refractivity contribution in [3.8, 4) is 0 Å². The van der Waals surface area contributed by atoms with Crippen molar-refractivity contribution in [3.05, 3.63) is 35.6 Å². The lowest BCUT2D eigenvalue weighted by atomic mass is 9.88. The lowest BCUT2D eigenvalue weighted by Gasteiger charge is -2.35. The lowest BCUT2D eigenvalue weighted by Crippen LogP contribution is -2.51. The molecule has 3 aliphatic rings. The predicted molar refractivity (Wildman–Crippen MR) is 100 cm³/mol. The topological polar surface area (TPSA) is 49.4 Å². The van der Waals surface area contributed by atoms with Gasteiger partial charge >= 0.3 is 0 Å². The molecule has 2 amide bonds. The maximum absolute atomic E-state index is 13.3. The predicted octanol–water partition coefficient (Wildman–Crippen LogP) is 3.57. The van der Waals surface area contributed by atoms with Gasteiger partial charge < -0.3 is 10.2 Å². The molecule has 2 aliphatic carbocycles. The van der Waals surface area contributed by atoms with E-state index in [1.54, 1.807) is 16.7 Å². The van der Waals surface area contributed by atoms with Crippen molar-refractivity contribution in [2.75, 3.05) is 5.75 Å². The fraction of sp³-hybridized carbons (Fsp3) is 0.600. The standard InChI is InChI=1S/C20H25FN2O2S/c21-15-8-6-13(7-9-15)19(25)23-17(18(24)22-16-10-11-16)12-26-20(23)14-4-2-1-3-5-14/h6-9,14,16-17,20H,1-5,10-12H2,(H,22,24)/t17-,20+/m0/s1. The Kier molecular flexibility index (Phi) is 5.20. The molecule has 0 spiro atoms. The van der Waals surface area contributed by atoms with Crippen LogP contribution in [0.15, 0.2) is 24.3 Å². The highest BCUT2D eigenvalue weighted by Crippen LogP contribution is 2.41. The Hall–Kier alpha value is -1.56. The number of rotatable bonds is 4. The summed E-state index contributed by atoms with van der Waals surface area (Å²) in [7, 11) is 0. The number of thioether (sulfide) groups is 1. The van der Waals surface area contributed by atoms with Gasteiger partial charge in [0, 0.05) is 17.4 Å². The molecule has 1 heterocycles. The van der Waals surface area contributed by atoms with E-state index in [1.165, 1.54) is 43.5 Å². The van der Waals surface area contributed by atoms with Gasteiger partial charge in [0.15, 0.2) is 0 Å². The number of halogens is 1. The summed E-state index contributed by atoms with van der Waals surface area (Å²) in [6.45, 7) is 0. The van der Waals surface area contributed by atoms with Gasteiger partial charge in [-0.3, -0.25) is 9.59 Å². The largest absolute Gasteiger partial charge is 0.352 e. The maximum atomic E-state index is 13.3. The molecule has 140 valence electrons. The Balaban J connectivity index is 1.58. The van der Waals surface area contributed by atoms with Crippen LogP contribution in [0.2, 0.25) is 0 Å². The Bertz CT molecular complexity index is 671. The molecule has 0 aromatic heterocycles. The van der Waals surface area contributed by atoms with E-state index in [9.17, 15) is 14.0 Å². The zero-order chi connectivity index (χ0) is 18.1. The van der Waals surface area contributed by atoms with Crippen LogP contribution in [0, 0.1) is 11.7 Å². The third-order valence-corrected chi connectivity index (χ3v) is 7.10. The highest BCUT2D eigenvalue weighted by molar-refractivity contribution is 8.00. The van der Waals surface area contributed by atoms with Crippen molar-refractivity contribution < 1.29 is 14.0 Å². The number of hydrogen-bond donors (Lipinski definition) is 1. The molecular formula is C20H25FN2O2S. The van der Waals surface area contributed by atoms with Gasteiger partial charge in [-0.15, -0.1) is 11.8 Å². The van der Waals surface area contributed by atoms with Crippen molar-refractivity contribution in [1.82, 2.24) is 10.2 Å². The zero-order valence-electron chi connectivity index (χ0n) is 14.8. The summed E-state index contributed by atoms with van der Waals surface area (Å²) in [5.41, 5.74) is 0.457. The van der Waals surface area contributed by atoms with Crippen molar-refractivity contribution >= 4 is 23.6 Å². The first kappa shape index (κ1) is 17.8. The minimum atomic E-state index is -0.426. The molecule has 0 radical (unpaired) electrons. The number of carbonyl (C=O) groups is 2. The summed E-state index contributed by atoms with van der Waals surface area (Å²) in [6.07, 6.45) is 7.93. The Morgan fingerprint density at radius 2 is 1.73 bits per heavy atom. The minimum Gasteiger partial charge on any atom is -0.352 e. The summed E-state index contributed by atoms with van der Waals surface area (Å²) < 4.78 is 13.3. The number of amides is 2. The molecule has 4 rings (SSSR count). The second-order valence-corrected chi connectivity index (χ2v) is 8.79. The first-order valence-corrected chi connectivity index (χ1v) is 10.7. The third kappa shape index (κ3) is 3.75. The van der Waals surface area contributed by atoms with Crippen LogP contribution in [-0.2, 0) is 4.79 Å². The number of hydrogen-bond acceptors (Lipinski definition) is 3. The van der Waals surface area contributed by atoms with Crippen molar-refractivity contribution in [3.63, 3.8) is 0 Å². The van der Waals surface area contributed by atoms with Gasteiger partial charge in [0.1, 0.15) is 11.9 Å². The molecule has 1 saturated heterocycles. The number of nitrogens with one attached hydrogen (secondary N) is 1. The second-order valence-electron chi connectivity index (χ2n) is 7.64. The Labute approximate surface area is 157 Å². The molecule has 4 nitrogen and oxygen atoms in total. The van der Waals surface area contributed by atoms with E-state index < -0.39 is 6.04 Å².